The first-order valence-corrected chi connectivity index (χ1v) is 12.4. The maximum atomic E-state index is 9.84. The van der Waals surface area contributed by atoms with Crippen LogP contribution >= 0.6 is 0 Å². The molecule has 1 fully saturated rings. The Morgan fingerprint density at radius 2 is 1.89 bits per heavy atom. The van der Waals surface area contributed by atoms with Crippen LogP contribution in [0.2, 0.25) is 0 Å². The highest BCUT2D eigenvalue weighted by Gasteiger charge is 2.20. The number of pyridine rings is 1. The topological polar surface area (TPSA) is 116 Å². The zero-order valence-electron chi connectivity index (χ0n) is 21.8. The maximum Gasteiger partial charge on any atom is 0.245 e. The van der Waals surface area contributed by atoms with Crippen molar-refractivity contribution >= 4 is 35.2 Å². The van der Waals surface area contributed by atoms with Gasteiger partial charge in [0.2, 0.25) is 12.4 Å². The quantitative estimate of drug-likeness (QED) is 0.330. The Balaban J connectivity index is 0.000000251. The molecule has 36 heavy (non-hydrogen) atoms. The van der Waals surface area contributed by atoms with Gasteiger partial charge in [0.05, 0.1) is 11.9 Å². The van der Waals surface area contributed by atoms with Crippen molar-refractivity contribution in [1.29, 1.82) is 0 Å². The first-order valence-electron chi connectivity index (χ1n) is 12.4. The van der Waals surface area contributed by atoms with E-state index in [1.165, 1.54) is 19.3 Å². The van der Waals surface area contributed by atoms with Crippen LogP contribution in [0.3, 0.4) is 0 Å². The van der Waals surface area contributed by atoms with Gasteiger partial charge in [-0.15, -0.1) is 5.10 Å². The highest BCUT2D eigenvalue weighted by atomic mass is 16.1. The lowest BCUT2D eigenvalue weighted by molar-refractivity contribution is -0.105. The molecule has 0 atom stereocenters. The van der Waals surface area contributed by atoms with Crippen LogP contribution in [0, 0.1) is 0 Å². The minimum absolute atomic E-state index is 0.0314. The average Bonchev–Trinajstić information content (AvgIpc) is 3.62. The lowest BCUT2D eigenvalue weighted by Crippen LogP contribution is -2.22. The van der Waals surface area contributed by atoms with E-state index < -0.39 is 0 Å². The summed E-state index contributed by atoms with van der Waals surface area (Å²) in [5.74, 6) is 2.32. The van der Waals surface area contributed by atoms with E-state index in [2.05, 4.69) is 70.4 Å². The number of carbonyl (C=O) groups excluding carboxylic acids is 1. The highest BCUT2D eigenvalue weighted by Crippen LogP contribution is 2.26. The van der Waals surface area contributed by atoms with E-state index in [1.54, 1.807) is 24.5 Å². The summed E-state index contributed by atoms with van der Waals surface area (Å²) in [6.45, 7) is 12.8. The summed E-state index contributed by atoms with van der Waals surface area (Å²) >= 11 is 0. The fourth-order valence-corrected chi connectivity index (χ4v) is 3.47. The van der Waals surface area contributed by atoms with Crippen molar-refractivity contribution in [3.05, 3.63) is 54.6 Å². The second-order valence-electron chi connectivity index (χ2n) is 9.55. The molecule has 4 aromatic heterocycles. The van der Waals surface area contributed by atoms with Crippen molar-refractivity contribution in [3.63, 3.8) is 0 Å². The number of anilines is 4. The first kappa shape index (κ1) is 26.7. The normalized spacial score (nSPS) is 12.9. The van der Waals surface area contributed by atoms with Gasteiger partial charge in [-0.3, -0.25) is 14.9 Å². The zero-order chi connectivity index (χ0) is 26.0. The van der Waals surface area contributed by atoms with Gasteiger partial charge in [0.15, 0.2) is 11.6 Å². The Morgan fingerprint density at radius 1 is 1.14 bits per heavy atom. The van der Waals surface area contributed by atoms with E-state index in [1.807, 2.05) is 28.9 Å². The molecule has 1 saturated heterocycles. The standard InChI is InChI=1S/C17H23N7.C6H6N2O.C3H8/c1-17(2,3)13-11-14(21-20-13)18-15-12-7-6-10-24(12)22-16(19-15)23-8-4-5-9-23;9-5-8-6-2-1-3-7-4-6;1-3-2/h6-7,10-11H,4-5,8-9H2,1-3H3,(H2,18,19,20,21,22);1-5H,(H,8,9);3H2,1-2H3. The molecular formula is C26H37N9O. The number of fused-ring (bicyclic) bond motifs is 1. The monoisotopic (exact) mass is 491 g/mol. The predicted molar refractivity (Wildman–Crippen MR) is 145 cm³/mol. The van der Waals surface area contributed by atoms with E-state index in [0.29, 0.717) is 12.1 Å². The number of H-pyrrole nitrogens is 1. The first-order chi connectivity index (χ1) is 17.4. The largest absolute Gasteiger partial charge is 0.340 e. The van der Waals surface area contributed by atoms with Crippen LogP contribution < -0.4 is 15.5 Å². The summed E-state index contributed by atoms with van der Waals surface area (Å²) in [7, 11) is 0. The van der Waals surface area contributed by atoms with E-state index in [9.17, 15) is 4.79 Å². The number of nitrogens with one attached hydrogen (secondary N) is 3. The summed E-state index contributed by atoms with van der Waals surface area (Å²) < 4.78 is 1.88. The maximum absolute atomic E-state index is 9.84. The van der Waals surface area contributed by atoms with E-state index in [4.69, 9.17) is 4.98 Å². The molecule has 0 unspecified atom stereocenters. The number of carbonyl (C=O) groups is 1. The lowest BCUT2D eigenvalue weighted by atomic mass is 9.92. The number of amides is 1. The van der Waals surface area contributed by atoms with Crippen LogP contribution in [0.15, 0.2) is 48.9 Å². The van der Waals surface area contributed by atoms with Gasteiger partial charge in [-0.25, -0.2) is 4.52 Å². The molecule has 5 heterocycles. The van der Waals surface area contributed by atoms with Gasteiger partial charge >= 0.3 is 0 Å². The second-order valence-corrected chi connectivity index (χ2v) is 9.55. The number of rotatable bonds is 5. The molecule has 1 aliphatic heterocycles. The van der Waals surface area contributed by atoms with Crippen LogP contribution in [0.25, 0.3) is 5.52 Å². The van der Waals surface area contributed by atoms with Crippen LogP contribution in [-0.2, 0) is 10.2 Å². The third kappa shape index (κ3) is 7.27. The van der Waals surface area contributed by atoms with Crippen molar-refractivity contribution in [1.82, 2.24) is 29.8 Å². The van der Waals surface area contributed by atoms with Crippen LogP contribution in [0.5, 0.6) is 0 Å². The average molecular weight is 492 g/mol. The van der Waals surface area contributed by atoms with Crippen molar-refractivity contribution < 1.29 is 4.79 Å². The molecule has 0 aromatic carbocycles. The Hall–Kier alpha value is -3.95. The zero-order valence-corrected chi connectivity index (χ0v) is 21.8. The fraction of sp³-hybridized carbons (Fsp3) is 0.423. The van der Waals surface area contributed by atoms with Crippen molar-refractivity contribution in [2.75, 3.05) is 28.6 Å². The van der Waals surface area contributed by atoms with Gasteiger partial charge in [-0.05, 0) is 37.1 Å². The Kier molecular flexibility index (Phi) is 9.38. The predicted octanol–water partition coefficient (Wildman–Crippen LogP) is 5.16. The van der Waals surface area contributed by atoms with Gasteiger partial charge in [0, 0.05) is 42.7 Å². The molecule has 5 rings (SSSR count). The van der Waals surface area contributed by atoms with Gasteiger partial charge in [0.1, 0.15) is 5.52 Å². The number of nitrogens with zero attached hydrogens (tertiary/aromatic N) is 6. The molecule has 10 heteroatoms. The highest BCUT2D eigenvalue weighted by molar-refractivity contribution is 5.73. The summed E-state index contributed by atoms with van der Waals surface area (Å²) in [5.41, 5.74) is 2.78. The SMILES string of the molecule is CC(C)(C)c1cc(Nc2nc(N3CCCC3)nn3cccc23)n[nH]1.CCC.O=CNc1cccnc1. The molecule has 3 N–H and O–H groups in total. The smallest absolute Gasteiger partial charge is 0.245 e. The van der Waals surface area contributed by atoms with E-state index >= 15 is 0 Å². The Labute approximate surface area is 212 Å². The van der Waals surface area contributed by atoms with Crippen LogP contribution in [0.4, 0.5) is 23.3 Å². The van der Waals surface area contributed by atoms with Gasteiger partial charge in [0.25, 0.3) is 0 Å². The molecule has 0 radical (unpaired) electrons. The van der Waals surface area contributed by atoms with Crippen molar-refractivity contribution in [2.45, 2.75) is 59.3 Å². The van der Waals surface area contributed by atoms with Gasteiger partial charge < -0.3 is 15.5 Å². The second kappa shape index (κ2) is 12.7. The Morgan fingerprint density at radius 3 is 2.50 bits per heavy atom. The summed E-state index contributed by atoms with van der Waals surface area (Å²) in [5, 5.41) is 17.9. The molecule has 0 saturated carbocycles. The third-order valence-corrected chi connectivity index (χ3v) is 5.29. The number of hydrogen-bond acceptors (Lipinski definition) is 7. The summed E-state index contributed by atoms with van der Waals surface area (Å²) in [6, 6.07) is 9.55. The van der Waals surface area contributed by atoms with Crippen LogP contribution in [-0.4, -0.2) is 49.3 Å². The van der Waals surface area contributed by atoms with Gasteiger partial charge in [-0.2, -0.15) is 10.1 Å². The number of aromatic amines is 1. The van der Waals surface area contributed by atoms with Crippen molar-refractivity contribution in [2.24, 2.45) is 0 Å². The molecular weight excluding hydrogens is 454 g/mol. The number of hydrogen-bond donors (Lipinski definition) is 3. The molecule has 10 nitrogen and oxygen atoms in total. The molecule has 0 bridgehead atoms. The van der Waals surface area contributed by atoms with E-state index in [-0.39, 0.29) is 5.41 Å². The molecule has 0 aliphatic carbocycles. The third-order valence-electron chi connectivity index (χ3n) is 5.29. The van der Waals surface area contributed by atoms with Crippen molar-refractivity contribution in [3.8, 4) is 0 Å². The molecule has 192 valence electrons. The van der Waals surface area contributed by atoms with Gasteiger partial charge in [-0.1, -0.05) is 41.0 Å². The minimum atomic E-state index is 0.0314. The van der Waals surface area contributed by atoms with E-state index in [0.717, 1.165) is 41.9 Å². The van der Waals surface area contributed by atoms with Crippen LogP contribution in [0.1, 0.15) is 59.6 Å². The summed E-state index contributed by atoms with van der Waals surface area (Å²) in [4.78, 5) is 20.6. The Bertz CT molecular complexity index is 1210. The fourth-order valence-electron chi connectivity index (χ4n) is 3.47. The molecule has 0 spiro atoms. The summed E-state index contributed by atoms with van der Waals surface area (Å²) in [6.07, 6.45) is 9.45. The molecule has 1 amide bonds. The molecule has 4 aromatic rings. The minimum Gasteiger partial charge on any atom is -0.340 e. The number of aromatic nitrogens is 6. The lowest BCUT2D eigenvalue weighted by Gasteiger charge is -2.16. The molecule has 1 aliphatic rings.